The first-order valence-corrected chi connectivity index (χ1v) is 10.9. The fourth-order valence-electron chi connectivity index (χ4n) is 4.05. The number of benzene rings is 1. The summed E-state index contributed by atoms with van der Waals surface area (Å²) in [5, 5.41) is 9.45. The molecule has 1 atom stereocenters. The van der Waals surface area contributed by atoms with Gasteiger partial charge in [0.1, 0.15) is 9.71 Å². The van der Waals surface area contributed by atoms with Crippen LogP contribution in [-0.2, 0) is 6.18 Å². The zero-order valence-electron chi connectivity index (χ0n) is 16.6. The van der Waals surface area contributed by atoms with Crippen molar-refractivity contribution in [1.29, 1.82) is 0 Å². The van der Waals surface area contributed by atoms with Gasteiger partial charge in [0.2, 0.25) is 0 Å². The lowest BCUT2D eigenvalue weighted by atomic mass is 10.1. The number of thiophene rings is 1. The van der Waals surface area contributed by atoms with Gasteiger partial charge in [0.25, 0.3) is 5.91 Å². The number of piperidine rings is 1. The summed E-state index contributed by atoms with van der Waals surface area (Å²) in [6.45, 7) is 1.58. The molecule has 2 aliphatic rings. The maximum atomic E-state index is 13.2. The van der Waals surface area contributed by atoms with E-state index < -0.39 is 17.8 Å². The van der Waals surface area contributed by atoms with Crippen LogP contribution in [0.5, 0.6) is 0 Å². The zero-order chi connectivity index (χ0) is 22.5. The molecular formula is C21H18F3N5O2S. The smallest absolute Gasteiger partial charge is 0.347 e. The molecule has 7 nitrogen and oxygen atoms in total. The minimum atomic E-state index is -4.54. The van der Waals surface area contributed by atoms with Crippen molar-refractivity contribution < 1.29 is 22.8 Å². The van der Waals surface area contributed by atoms with Crippen molar-refractivity contribution in [1.82, 2.24) is 15.6 Å². The summed E-state index contributed by atoms with van der Waals surface area (Å²) in [6.07, 6.45) is -1.25. The minimum Gasteiger partial charge on any atom is -0.347 e. The summed E-state index contributed by atoms with van der Waals surface area (Å²) in [7, 11) is 0. The van der Waals surface area contributed by atoms with Crippen LogP contribution in [0.4, 0.5) is 35.0 Å². The van der Waals surface area contributed by atoms with Gasteiger partial charge in [0, 0.05) is 18.8 Å². The molecular weight excluding hydrogens is 443 g/mol. The Bertz CT molecular complexity index is 1220. The van der Waals surface area contributed by atoms with E-state index in [1.807, 2.05) is 0 Å². The third kappa shape index (κ3) is 3.56. The Labute approximate surface area is 184 Å². The van der Waals surface area contributed by atoms with E-state index in [9.17, 15) is 22.8 Å². The topological polar surface area (TPSA) is 86.4 Å². The molecule has 0 aliphatic carbocycles. The highest BCUT2D eigenvalue weighted by Gasteiger charge is 2.35. The highest BCUT2D eigenvalue weighted by Crippen LogP contribution is 2.46. The molecule has 1 fully saturated rings. The van der Waals surface area contributed by atoms with Crippen molar-refractivity contribution in [2.75, 3.05) is 23.3 Å². The lowest BCUT2D eigenvalue weighted by Crippen LogP contribution is -2.45. The normalized spacial score (nSPS) is 18.5. The van der Waals surface area contributed by atoms with E-state index in [0.717, 1.165) is 42.9 Å². The zero-order valence-corrected chi connectivity index (χ0v) is 17.4. The van der Waals surface area contributed by atoms with Gasteiger partial charge in [-0.3, -0.25) is 9.69 Å². The van der Waals surface area contributed by atoms with Gasteiger partial charge in [-0.05, 0) is 43.7 Å². The molecule has 0 spiro atoms. The Balaban J connectivity index is 1.56. The molecule has 0 radical (unpaired) electrons. The molecule has 3 amide bonds. The Morgan fingerprint density at radius 2 is 2.12 bits per heavy atom. The van der Waals surface area contributed by atoms with Crippen LogP contribution in [0.2, 0.25) is 0 Å². The van der Waals surface area contributed by atoms with Gasteiger partial charge in [0.15, 0.2) is 0 Å². The minimum absolute atomic E-state index is 0.0120. The summed E-state index contributed by atoms with van der Waals surface area (Å²) in [5.74, 6) is -0.310. The van der Waals surface area contributed by atoms with Gasteiger partial charge in [-0.15, -0.1) is 11.3 Å². The molecule has 4 heterocycles. The number of anilines is 3. The molecule has 166 valence electrons. The number of nitrogens with zero attached hydrogens (tertiary/aromatic N) is 2. The van der Waals surface area contributed by atoms with Crippen LogP contribution in [0.15, 0.2) is 36.5 Å². The van der Waals surface area contributed by atoms with E-state index in [1.165, 1.54) is 23.2 Å². The summed E-state index contributed by atoms with van der Waals surface area (Å²) in [6, 6.07) is 5.47. The molecule has 3 N–H and O–H groups in total. The van der Waals surface area contributed by atoms with E-state index in [4.69, 9.17) is 0 Å². The summed E-state index contributed by atoms with van der Waals surface area (Å²) in [4.78, 5) is 32.3. The number of carbonyl (C=O) groups excluding carboxylic acids is 2. The van der Waals surface area contributed by atoms with Gasteiger partial charge in [0.05, 0.1) is 28.0 Å². The van der Waals surface area contributed by atoms with Gasteiger partial charge in [-0.25, -0.2) is 9.78 Å². The standard InChI is InChI=1S/C21H18F3N5O2S/c22-21(23,24)11-3-1-5-13(9-11)29-14-6-8-26-19-15(14)16(28-20(29)31)17(32-19)18(30)27-12-4-2-7-25-10-12/h1,3,5-6,8-9,12,25H,2,4,7,10H2,(H,27,30)(H,28,31)/t12-/m1/s1. The second kappa shape index (κ2) is 7.75. The number of nitrogens with one attached hydrogen (secondary N) is 3. The lowest BCUT2D eigenvalue weighted by Gasteiger charge is -2.29. The third-order valence-corrected chi connectivity index (χ3v) is 6.61. The third-order valence-electron chi connectivity index (χ3n) is 5.52. The number of pyridine rings is 1. The van der Waals surface area contributed by atoms with E-state index in [0.29, 0.717) is 33.0 Å². The average Bonchev–Trinajstić information content (AvgIpc) is 3.14. The summed E-state index contributed by atoms with van der Waals surface area (Å²) < 4.78 is 39.6. The van der Waals surface area contributed by atoms with Crippen molar-refractivity contribution in [2.24, 2.45) is 0 Å². The fraction of sp³-hybridized carbons (Fsp3) is 0.286. The second-order valence-corrected chi connectivity index (χ2v) is 8.65. The Morgan fingerprint density at radius 3 is 2.88 bits per heavy atom. The molecule has 0 saturated carbocycles. The van der Waals surface area contributed by atoms with Gasteiger partial charge in [-0.1, -0.05) is 6.07 Å². The predicted octanol–water partition coefficient (Wildman–Crippen LogP) is 4.48. The van der Waals surface area contributed by atoms with Gasteiger partial charge < -0.3 is 16.0 Å². The predicted molar refractivity (Wildman–Crippen MR) is 116 cm³/mol. The molecule has 1 saturated heterocycles. The first kappa shape index (κ1) is 20.7. The van der Waals surface area contributed by atoms with Crippen LogP contribution in [0.3, 0.4) is 0 Å². The monoisotopic (exact) mass is 461 g/mol. The quantitative estimate of drug-likeness (QED) is 0.537. The Morgan fingerprint density at radius 1 is 1.28 bits per heavy atom. The molecule has 11 heteroatoms. The summed E-state index contributed by atoms with van der Waals surface area (Å²) >= 11 is 1.14. The van der Waals surface area contributed by atoms with E-state index in [2.05, 4.69) is 20.9 Å². The number of hydrogen-bond acceptors (Lipinski definition) is 5. The van der Waals surface area contributed by atoms with Crippen molar-refractivity contribution in [3.8, 4) is 0 Å². The first-order chi connectivity index (χ1) is 15.3. The van der Waals surface area contributed by atoms with Gasteiger partial charge in [-0.2, -0.15) is 13.2 Å². The van der Waals surface area contributed by atoms with E-state index >= 15 is 0 Å². The fourth-order valence-corrected chi connectivity index (χ4v) is 5.07. The van der Waals surface area contributed by atoms with Crippen molar-refractivity contribution in [3.63, 3.8) is 0 Å². The Kier molecular flexibility index (Phi) is 5.01. The van der Waals surface area contributed by atoms with E-state index in [-0.39, 0.29) is 17.6 Å². The number of amides is 3. The SMILES string of the molecule is O=C(N[C@@H]1CCCNC1)c1sc2nccc3c2c1NC(=O)N3c1cccc(C(F)(F)F)c1. The number of carbonyl (C=O) groups is 2. The second-order valence-electron chi connectivity index (χ2n) is 7.65. The molecule has 0 bridgehead atoms. The van der Waals surface area contributed by atoms with Crippen molar-refractivity contribution >= 4 is 50.6 Å². The average molecular weight is 461 g/mol. The molecule has 2 aliphatic heterocycles. The van der Waals surface area contributed by atoms with E-state index in [1.54, 1.807) is 6.07 Å². The highest BCUT2D eigenvalue weighted by atomic mass is 32.1. The largest absolute Gasteiger partial charge is 0.416 e. The number of aromatic nitrogens is 1. The molecule has 0 unspecified atom stereocenters. The van der Waals surface area contributed by atoms with Gasteiger partial charge >= 0.3 is 12.2 Å². The van der Waals surface area contributed by atoms with Crippen molar-refractivity contribution in [2.45, 2.75) is 25.1 Å². The van der Waals surface area contributed by atoms with Crippen LogP contribution >= 0.6 is 11.3 Å². The number of urea groups is 1. The lowest BCUT2D eigenvalue weighted by molar-refractivity contribution is -0.137. The van der Waals surface area contributed by atoms with Crippen LogP contribution in [0, 0.1) is 0 Å². The molecule has 3 aromatic rings. The first-order valence-electron chi connectivity index (χ1n) is 10.0. The summed E-state index contributed by atoms with van der Waals surface area (Å²) in [5.41, 5.74) is -0.0726. The number of alkyl halides is 3. The molecule has 5 rings (SSSR count). The molecule has 32 heavy (non-hydrogen) atoms. The highest BCUT2D eigenvalue weighted by molar-refractivity contribution is 7.21. The Hall–Kier alpha value is -3.18. The maximum absolute atomic E-state index is 13.2. The van der Waals surface area contributed by atoms with Crippen LogP contribution in [0.25, 0.3) is 10.2 Å². The number of rotatable bonds is 3. The molecule has 2 aromatic heterocycles. The maximum Gasteiger partial charge on any atom is 0.416 e. The molecule has 1 aromatic carbocycles. The number of halogens is 3. The van der Waals surface area contributed by atoms with Crippen molar-refractivity contribution in [3.05, 3.63) is 47.0 Å². The number of hydrogen-bond donors (Lipinski definition) is 3. The van der Waals surface area contributed by atoms with Crippen LogP contribution < -0.4 is 20.9 Å². The van der Waals surface area contributed by atoms with Crippen LogP contribution in [0.1, 0.15) is 28.1 Å². The van der Waals surface area contributed by atoms with Crippen LogP contribution in [-0.4, -0.2) is 36.1 Å².